The molecule has 13 heteroatoms. The van der Waals surface area contributed by atoms with Crippen molar-refractivity contribution in [2.45, 2.75) is 20.1 Å². The highest BCUT2D eigenvalue weighted by Crippen LogP contribution is 2.34. The number of pyridine rings is 1. The minimum Gasteiger partial charge on any atom is -0.321 e. The van der Waals surface area contributed by atoms with E-state index in [0.717, 1.165) is 17.4 Å². The van der Waals surface area contributed by atoms with E-state index in [4.69, 9.17) is 0 Å². The quantitative estimate of drug-likeness (QED) is 0.214. The zero-order chi connectivity index (χ0) is 29.1. The van der Waals surface area contributed by atoms with E-state index in [9.17, 15) is 22.8 Å². The average Bonchev–Trinajstić information content (AvgIpc) is 3.59. The molecule has 3 aromatic heterocycles. The number of nitrogens with one attached hydrogen (secondary N) is 2. The van der Waals surface area contributed by atoms with Crippen LogP contribution in [0.1, 0.15) is 31.3 Å². The molecular weight excluding hydrogens is 555 g/mol. The molecule has 0 unspecified atom stereocenters. The highest BCUT2D eigenvalue weighted by molar-refractivity contribution is 7.17. The van der Waals surface area contributed by atoms with Gasteiger partial charge in [-0.1, -0.05) is 29.5 Å². The van der Waals surface area contributed by atoms with Gasteiger partial charge in [0.05, 0.1) is 23.9 Å². The molecule has 0 atom stereocenters. The summed E-state index contributed by atoms with van der Waals surface area (Å²) in [6.07, 6.45) is 1.12. The first-order chi connectivity index (χ1) is 19.6. The molecule has 5 aromatic rings. The first-order valence-electron chi connectivity index (χ1n) is 12.2. The van der Waals surface area contributed by atoms with Crippen LogP contribution in [0.2, 0.25) is 0 Å². The fourth-order valence-electron chi connectivity index (χ4n) is 3.92. The number of hydrogen-bond donors (Lipinski definition) is 2. The summed E-state index contributed by atoms with van der Waals surface area (Å²) in [4.78, 5) is 38.6. The normalized spacial score (nSPS) is 11.2. The van der Waals surface area contributed by atoms with E-state index in [1.807, 2.05) is 0 Å². The molecule has 5 rings (SSSR count). The zero-order valence-electron chi connectivity index (χ0n) is 21.7. The molecule has 0 fully saturated rings. The van der Waals surface area contributed by atoms with Crippen molar-refractivity contribution >= 4 is 45.5 Å². The molecule has 0 saturated heterocycles. The SMILES string of the molecule is Cc1cn(-c2cccc(C(=O)N(c3ccc(C)c(NC(=O)c4cnc(Nc5ccccn5)s4)c3)C(F)(F)F)c2)cn1. The van der Waals surface area contributed by atoms with Gasteiger partial charge in [0.1, 0.15) is 10.7 Å². The van der Waals surface area contributed by atoms with Crippen LogP contribution in [0.5, 0.6) is 0 Å². The molecule has 2 N–H and O–H groups in total. The van der Waals surface area contributed by atoms with Crippen molar-refractivity contribution in [1.82, 2.24) is 19.5 Å². The number of aromatic nitrogens is 4. The predicted octanol–water partition coefficient (Wildman–Crippen LogP) is 6.50. The summed E-state index contributed by atoms with van der Waals surface area (Å²) in [5.41, 5.74) is 1.20. The van der Waals surface area contributed by atoms with Gasteiger partial charge in [0.15, 0.2) is 5.13 Å². The third kappa shape index (κ3) is 6.25. The van der Waals surface area contributed by atoms with Crippen molar-refractivity contribution in [3.05, 3.63) is 107 Å². The summed E-state index contributed by atoms with van der Waals surface area (Å²) in [6.45, 7) is 3.41. The first-order valence-corrected chi connectivity index (χ1v) is 13.0. The van der Waals surface area contributed by atoms with Gasteiger partial charge in [-0.3, -0.25) is 9.59 Å². The summed E-state index contributed by atoms with van der Waals surface area (Å²) in [6, 6.07) is 14.8. The van der Waals surface area contributed by atoms with Crippen LogP contribution in [-0.2, 0) is 0 Å². The number of nitrogens with zero attached hydrogens (tertiary/aromatic N) is 5. The third-order valence-electron chi connectivity index (χ3n) is 5.92. The van der Waals surface area contributed by atoms with Gasteiger partial charge in [0, 0.05) is 29.3 Å². The number of thiazole rings is 1. The highest BCUT2D eigenvalue weighted by atomic mass is 32.1. The van der Waals surface area contributed by atoms with Crippen LogP contribution in [0.25, 0.3) is 5.69 Å². The van der Waals surface area contributed by atoms with Gasteiger partial charge < -0.3 is 15.2 Å². The number of alkyl halides is 3. The summed E-state index contributed by atoms with van der Waals surface area (Å²) < 4.78 is 44.5. The molecule has 208 valence electrons. The molecule has 0 spiro atoms. The fraction of sp³-hybridized carbons (Fsp3) is 0.107. The average molecular weight is 578 g/mol. The summed E-state index contributed by atoms with van der Waals surface area (Å²) in [5, 5.41) is 6.03. The molecule has 2 amide bonds. The largest absolute Gasteiger partial charge is 0.491 e. The van der Waals surface area contributed by atoms with Crippen molar-refractivity contribution in [3.63, 3.8) is 0 Å². The summed E-state index contributed by atoms with van der Waals surface area (Å²) in [7, 11) is 0. The van der Waals surface area contributed by atoms with Crippen LogP contribution >= 0.6 is 11.3 Å². The Morgan fingerprint density at radius 2 is 1.80 bits per heavy atom. The Kier molecular flexibility index (Phi) is 7.53. The number of rotatable bonds is 7. The Morgan fingerprint density at radius 3 is 2.51 bits per heavy atom. The van der Waals surface area contributed by atoms with Crippen molar-refractivity contribution in [2.75, 3.05) is 15.5 Å². The third-order valence-corrected chi connectivity index (χ3v) is 6.83. The second kappa shape index (κ2) is 11.2. The molecule has 0 saturated carbocycles. The molecule has 41 heavy (non-hydrogen) atoms. The van der Waals surface area contributed by atoms with E-state index in [0.29, 0.717) is 27.9 Å². The maximum absolute atomic E-state index is 14.3. The molecule has 0 aliphatic heterocycles. The second-order valence-electron chi connectivity index (χ2n) is 8.90. The highest BCUT2D eigenvalue weighted by Gasteiger charge is 2.43. The smallest absolute Gasteiger partial charge is 0.321 e. The topological polar surface area (TPSA) is 105 Å². The van der Waals surface area contributed by atoms with Crippen molar-refractivity contribution in [1.29, 1.82) is 0 Å². The lowest BCUT2D eigenvalue weighted by molar-refractivity contribution is -0.122. The summed E-state index contributed by atoms with van der Waals surface area (Å²) in [5.74, 6) is -1.30. The number of hydrogen-bond acceptors (Lipinski definition) is 7. The lowest BCUT2D eigenvalue weighted by atomic mass is 10.1. The van der Waals surface area contributed by atoms with Gasteiger partial charge in [-0.05, 0) is 61.9 Å². The van der Waals surface area contributed by atoms with Crippen LogP contribution in [0.3, 0.4) is 0 Å². The Balaban J connectivity index is 1.39. The second-order valence-corrected chi connectivity index (χ2v) is 9.93. The number of aryl methyl sites for hydroxylation is 2. The van der Waals surface area contributed by atoms with Gasteiger partial charge in [0.2, 0.25) is 0 Å². The molecular formula is C28H22F3N7O2S. The van der Waals surface area contributed by atoms with Crippen molar-refractivity contribution < 1.29 is 22.8 Å². The van der Waals surface area contributed by atoms with E-state index in [2.05, 4.69) is 25.6 Å². The zero-order valence-corrected chi connectivity index (χ0v) is 22.5. The van der Waals surface area contributed by atoms with Gasteiger partial charge in [0.25, 0.3) is 11.8 Å². The maximum atomic E-state index is 14.3. The number of halogens is 3. The van der Waals surface area contributed by atoms with Crippen LogP contribution in [0.15, 0.2) is 85.6 Å². The Morgan fingerprint density at radius 1 is 0.976 bits per heavy atom. The van der Waals surface area contributed by atoms with Crippen LogP contribution in [0.4, 0.5) is 35.5 Å². The van der Waals surface area contributed by atoms with Crippen molar-refractivity contribution in [2.24, 2.45) is 0 Å². The minimum absolute atomic E-state index is 0.116. The van der Waals surface area contributed by atoms with Gasteiger partial charge >= 0.3 is 6.30 Å². The minimum atomic E-state index is -5.04. The Labute approximate surface area is 236 Å². The molecule has 3 heterocycles. The lowest BCUT2D eigenvalue weighted by Crippen LogP contribution is -2.43. The Hall–Kier alpha value is -5.04. The molecule has 0 aliphatic rings. The predicted molar refractivity (Wildman–Crippen MR) is 150 cm³/mol. The lowest BCUT2D eigenvalue weighted by Gasteiger charge is -2.26. The van der Waals surface area contributed by atoms with E-state index >= 15 is 0 Å². The van der Waals surface area contributed by atoms with Gasteiger partial charge in [-0.15, -0.1) is 13.2 Å². The van der Waals surface area contributed by atoms with E-state index < -0.39 is 23.8 Å². The molecule has 9 nitrogen and oxygen atoms in total. The van der Waals surface area contributed by atoms with E-state index in [1.165, 1.54) is 42.9 Å². The van der Waals surface area contributed by atoms with E-state index in [-0.39, 0.29) is 21.0 Å². The standard InChI is InChI=1S/C28H22F3N7O2S/c1-17-9-10-21(13-22(17)35-25(39)23-14-33-27(41-23)36-24-8-3-4-11-32-24)38(28(29,30)31)26(40)19-6-5-7-20(12-19)37-15-18(2)34-16-37/h3-16H,1-2H3,(H,35,39)(H,32,33,36). The monoisotopic (exact) mass is 577 g/mol. The number of benzene rings is 2. The number of carbonyl (C=O) groups is 2. The molecule has 2 aromatic carbocycles. The van der Waals surface area contributed by atoms with Gasteiger partial charge in [-0.2, -0.15) is 0 Å². The molecule has 0 bridgehead atoms. The number of imidazole rings is 1. The number of anilines is 4. The molecule has 0 aliphatic carbocycles. The summed E-state index contributed by atoms with van der Waals surface area (Å²) >= 11 is 1.05. The molecule has 0 radical (unpaired) electrons. The maximum Gasteiger partial charge on any atom is 0.491 e. The number of amides is 2. The first kappa shape index (κ1) is 27.5. The Bertz CT molecular complexity index is 1720. The van der Waals surface area contributed by atoms with Crippen LogP contribution in [-0.4, -0.2) is 37.6 Å². The van der Waals surface area contributed by atoms with Crippen LogP contribution < -0.4 is 15.5 Å². The van der Waals surface area contributed by atoms with E-state index in [1.54, 1.807) is 55.1 Å². The van der Waals surface area contributed by atoms with Crippen molar-refractivity contribution in [3.8, 4) is 5.69 Å². The number of carbonyl (C=O) groups excluding carboxylic acids is 2. The van der Waals surface area contributed by atoms with Gasteiger partial charge in [-0.25, -0.2) is 19.9 Å². The van der Waals surface area contributed by atoms with Crippen LogP contribution in [0, 0.1) is 13.8 Å². The fourth-order valence-corrected chi connectivity index (χ4v) is 4.64.